The molecule has 3 aromatic rings. The highest BCUT2D eigenvalue weighted by Gasteiger charge is 2.22. The molecular formula is C22H24BrN3O3S. The van der Waals surface area contributed by atoms with Crippen molar-refractivity contribution >= 4 is 48.5 Å². The number of hydrogen-bond donors (Lipinski definition) is 0. The summed E-state index contributed by atoms with van der Waals surface area (Å²) in [5.41, 5.74) is 1.53. The molecule has 1 aliphatic rings. The van der Waals surface area contributed by atoms with Crippen LogP contribution in [-0.4, -0.2) is 62.3 Å². The zero-order valence-electron chi connectivity index (χ0n) is 16.8. The monoisotopic (exact) mass is 489 g/mol. The van der Waals surface area contributed by atoms with Gasteiger partial charge in [-0.15, -0.1) is 0 Å². The second kappa shape index (κ2) is 9.87. The number of aromatic nitrogens is 1. The minimum absolute atomic E-state index is 0.0437. The summed E-state index contributed by atoms with van der Waals surface area (Å²) in [7, 11) is 1.62. The predicted molar refractivity (Wildman–Crippen MR) is 124 cm³/mol. The number of benzene rings is 2. The molecule has 0 N–H and O–H groups in total. The van der Waals surface area contributed by atoms with Gasteiger partial charge in [-0.25, -0.2) is 4.98 Å². The molecule has 2 aromatic carbocycles. The number of fused-ring (bicyclic) bond motifs is 1. The zero-order chi connectivity index (χ0) is 20.9. The molecule has 0 saturated carbocycles. The lowest BCUT2D eigenvalue weighted by Crippen LogP contribution is -2.39. The minimum atomic E-state index is -0.0437. The second-order valence-corrected chi connectivity index (χ2v) is 9.03. The number of methoxy groups -OCH3 is 1. The number of rotatable bonds is 7. The Balaban J connectivity index is 1.56. The molecule has 1 aliphatic heterocycles. The fourth-order valence-electron chi connectivity index (χ4n) is 3.45. The lowest BCUT2D eigenvalue weighted by molar-refractivity contribution is 0.0376. The summed E-state index contributed by atoms with van der Waals surface area (Å²) >= 11 is 5.06. The third-order valence-corrected chi connectivity index (χ3v) is 6.65. The van der Waals surface area contributed by atoms with Crippen LogP contribution in [0.4, 0.5) is 5.13 Å². The van der Waals surface area contributed by atoms with Crippen molar-refractivity contribution in [2.45, 2.75) is 6.42 Å². The number of amides is 1. The second-order valence-electron chi connectivity index (χ2n) is 7.10. The lowest BCUT2D eigenvalue weighted by atomic mass is 10.2. The Morgan fingerprint density at radius 2 is 2.00 bits per heavy atom. The number of thiazole rings is 1. The molecule has 0 unspecified atom stereocenters. The van der Waals surface area contributed by atoms with Crippen molar-refractivity contribution in [2.75, 3.05) is 51.4 Å². The topological polar surface area (TPSA) is 54.9 Å². The molecule has 0 spiro atoms. The first-order chi connectivity index (χ1) is 14.6. The maximum Gasteiger partial charge on any atom is 0.260 e. The Hall–Kier alpha value is -2.00. The average Bonchev–Trinajstić information content (AvgIpc) is 3.20. The van der Waals surface area contributed by atoms with Crippen LogP contribution in [0.2, 0.25) is 0 Å². The van der Waals surface area contributed by atoms with E-state index in [1.54, 1.807) is 35.5 Å². The van der Waals surface area contributed by atoms with Crippen molar-refractivity contribution in [1.82, 2.24) is 9.88 Å². The van der Waals surface area contributed by atoms with Gasteiger partial charge in [0.25, 0.3) is 5.91 Å². The Bertz CT molecular complexity index is 1000. The first kappa shape index (κ1) is 21.2. The molecule has 30 heavy (non-hydrogen) atoms. The van der Waals surface area contributed by atoms with E-state index in [2.05, 4.69) is 20.8 Å². The van der Waals surface area contributed by atoms with Crippen molar-refractivity contribution in [2.24, 2.45) is 0 Å². The van der Waals surface area contributed by atoms with Gasteiger partial charge in [0, 0.05) is 36.2 Å². The Morgan fingerprint density at radius 3 is 2.73 bits per heavy atom. The van der Waals surface area contributed by atoms with Crippen molar-refractivity contribution in [1.29, 1.82) is 0 Å². The summed E-state index contributed by atoms with van der Waals surface area (Å²) < 4.78 is 12.7. The average molecular weight is 490 g/mol. The standard InChI is InChI=1S/C22H24BrN3O3S/c1-28-18-6-3-16(4-7-18)21(27)26(10-2-9-25-11-13-29-14-12-25)22-24-19-8-5-17(23)15-20(19)30-22/h3-8,15H,2,9-14H2,1H3. The quantitative estimate of drug-likeness (QED) is 0.491. The molecule has 0 atom stereocenters. The van der Waals surface area contributed by atoms with Crippen molar-refractivity contribution in [3.8, 4) is 5.75 Å². The highest BCUT2D eigenvalue weighted by atomic mass is 79.9. The number of ether oxygens (including phenoxy) is 2. The fraction of sp³-hybridized carbons (Fsp3) is 0.364. The van der Waals surface area contributed by atoms with Gasteiger partial charge in [-0.05, 0) is 48.9 Å². The van der Waals surface area contributed by atoms with E-state index < -0.39 is 0 Å². The van der Waals surface area contributed by atoms with Gasteiger partial charge >= 0.3 is 0 Å². The molecule has 0 bridgehead atoms. The summed E-state index contributed by atoms with van der Waals surface area (Å²) in [5.74, 6) is 0.688. The maximum absolute atomic E-state index is 13.4. The number of carbonyl (C=O) groups is 1. The van der Waals surface area contributed by atoms with Gasteiger partial charge in [0.2, 0.25) is 0 Å². The smallest absolute Gasteiger partial charge is 0.260 e. The normalized spacial score (nSPS) is 14.7. The van der Waals surface area contributed by atoms with Gasteiger partial charge in [0.15, 0.2) is 5.13 Å². The van der Waals surface area contributed by atoms with Crippen molar-refractivity contribution in [3.63, 3.8) is 0 Å². The summed E-state index contributed by atoms with van der Waals surface area (Å²) in [6, 6.07) is 13.2. The third kappa shape index (κ3) is 5.00. The zero-order valence-corrected chi connectivity index (χ0v) is 19.2. The molecule has 1 saturated heterocycles. The van der Waals surface area contributed by atoms with Crippen LogP contribution in [-0.2, 0) is 4.74 Å². The van der Waals surface area contributed by atoms with E-state index in [0.717, 1.165) is 64.8 Å². The molecule has 6 nitrogen and oxygen atoms in total. The predicted octanol–water partition coefficient (Wildman–Crippen LogP) is 4.44. The molecule has 1 amide bonds. The Kier molecular flexibility index (Phi) is 6.99. The van der Waals surface area contributed by atoms with Crippen LogP contribution in [0.3, 0.4) is 0 Å². The molecule has 4 rings (SSSR count). The highest BCUT2D eigenvalue weighted by Crippen LogP contribution is 2.32. The van der Waals surface area contributed by atoms with Crippen LogP contribution in [0.1, 0.15) is 16.8 Å². The molecule has 1 aromatic heterocycles. The van der Waals surface area contributed by atoms with Crippen molar-refractivity contribution in [3.05, 3.63) is 52.5 Å². The Morgan fingerprint density at radius 1 is 1.23 bits per heavy atom. The number of carbonyl (C=O) groups excluding carboxylic acids is 1. The summed E-state index contributed by atoms with van der Waals surface area (Å²) in [6.07, 6.45) is 0.877. The number of hydrogen-bond acceptors (Lipinski definition) is 6. The molecule has 2 heterocycles. The number of halogens is 1. The van der Waals surface area contributed by atoms with E-state index in [4.69, 9.17) is 14.5 Å². The first-order valence-corrected chi connectivity index (χ1v) is 11.6. The number of anilines is 1. The summed E-state index contributed by atoms with van der Waals surface area (Å²) in [6.45, 7) is 5.00. The van der Waals surface area contributed by atoms with Gasteiger partial charge < -0.3 is 9.47 Å². The number of nitrogens with zero attached hydrogens (tertiary/aromatic N) is 3. The molecule has 0 radical (unpaired) electrons. The van der Waals surface area contributed by atoms with E-state index in [1.165, 1.54) is 0 Å². The van der Waals surface area contributed by atoms with E-state index in [9.17, 15) is 4.79 Å². The fourth-order valence-corrected chi connectivity index (χ4v) is 4.99. The number of morpholine rings is 1. The van der Waals surface area contributed by atoms with E-state index in [-0.39, 0.29) is 5.91 Å². The van der Waals surface area contributed by atoms with Gasteiger partial charge in [-0.2, -0.15) is 0 Å². The lowest BCUT2D eigenvalue weighted by Gasteiger charge is -2.27. The largest absolute Gasteiger partial charge is 0.497 e. The summed E-state index contributed by atoms with van der Waals surface area (Å²) in [4.78, 5) is 22.3. The van der Waals surface area contributed by atoms with Gasteiger partial charge in [0.05, 0.1) is 30.5 Å². The van der Waals surface area contributed by atoms with Crippen LogP contribution < -0.4 is 9.64 Å². The summed E-state index contributed by atoms with van der Waals surface area (Å²) in [5, 5.41) is 0.728. The molecule has 158 valence electrons. The maximum atomic E-state index is 13.4. The van der Waals surface area contributed by atoms with Crippen LogP contribution in [0.5, 0.6) is 5.75 Å². The van der Waals surface area contributed by atoms with Crippen LogP contribution in [0.25, 0.3) is 10.2 Å². The van der Waals surface area contributed by atoms with Gasteiger partial charge in [0.1, 0.15) is 5.75 Å². The van der Waals surface area contributed by atoms with E-state index in [1.807, 2.05) is 30.3 Å². The van der Waals surface area contributed by atoms with Gasteiger partial charge in [-0.3, -0.25) is 14.6 Å². The first-order valence-electron chi connectivity index (χ1n) is 9.96. The van der Waals surface area contributed by atoms with Crippen molar-refractivity contribution < 1.29 is 14.3 Å². The highest BCUT2D eigenvalue weighted by molar-refractivity contribution is 9.10. The SMILES string of the molecule is COc1ccc(C(=O)N(CCCN2CCOCC2)c2nc3ccc(Br)cc3s2)cc1. The van der Waals surface area contributed by atoms with E-state index in [0.29, 0.717) is 12.1 Å². The Labute approximate surface area is 188 Å². The molecule has 0 aliphatic carbocycles. The van der Waals surface area contributed by atoms with Crippen LogP contribution in [0.15, 0.2) is 46.9 Å². The van der Waals surface area contributed by atoms with Crippen LogP contribution >= 0.6 is 27.3 Å². The molecular weight excluding hydrogens is 466 g/mol. The third-order valence-electron chi connectivity index (χ3n) is 5.11. The molecule has 1 fully saturated rings. The van der Waals surface area contributed by atoms with Gasteiger partial charge in [-0.1, -0.05) is 27.3 Å². The minimum Gasteiger partial charge on any atom is -0.497 e. The molecule has 8 heteroatoms. The van der Waals surface area contributed by atoms with E-state index >= 15 is 0 Å². The van der Waals surface area contributed by atoms with Crippen LogP contribution in [0, 0.1) is 0 Å².